The number of hydrogen-bond donors (Lipinski definition) is 2. The molecule has 1 aliphatic heterocycles. The zero-order valence-corrected chi connectivity index (χ0v) is 12.7. The van der Waals surface area contributed by atoms with Crippen molar-refractivity contribution in [2.45, 2.75) is 76.9 Å². The van der Waals surface area contributed by atoms with E-state index in [2.05, 4.69) is 31.0 Å². The van der Waals surface area contributed by atoms with Gasteiger partial charge in [-0.25, -0.2) is 0 Å². The molecule has 3 nitrogen and oxygen atoms in total. The highest BCUT2D eigenvalue weighted by Crippen LogP contribution is 2.23. The molecule has 1 rings (SSSR count). The van der Waals surface area contributed by atoms with Crippen LogP contribution in [-0.2, 0) is 0 Å². The Hall–Kier alpha value is -0.120. The molecule has 1 unspecified atom stereocenters. The normalized spacial score (nSPS) is 29.2. The molecular formula is C15H32N2O. The van der Waals surface area contributed by atoms with Gasteiger partial charge in [-0.15, -0.1) is 0 Å². The third kappa shape index (κ3) is 4.52. The topological polar surface area (TPSA) is 35.5 Å². The maximum absolute atomic E-state index is 9.34. The molecule has 108 valence electrons. The van der Waals surface area contributed by atoms with Gasteiger partial charge in [-0.2, -0.15) is 0 Å². The molecule has 3 atom stereocenters. The lowest BCUT2D eigenvalue weighted by molar-refractivity contribution is 0.0987. The molecule has 0 aromatic rings. The van der Waals surface area contributed by atoms with Crippen molar-refractivity contribution in [3.63, 3.8) is 0 Å². The number of piperidine rings is 1. The number of hydrogen-bond acceptors (Lipinski definition) is 3. The Morgan fingerprint density at radius 2 is 1.83 bits per heavy atom. The SMILES string of the molecule is CNC(C)(CO)CCCCN1[C@H](C)CCC[C@@H]1C. The minimum Gasteiger partial charge on any atom is -0.394 e. The molecule has 3 heteroatoms. The molecule has 0 bridgehead atoms. The summed E-state index contributed by atoms with van der Waals surface area (Å²) in [7, 11) is 1.94. The van der Waals surface area contributed by atoms with Crippen LogP contribution in [0.2, 0.25) is 0 Å². The number of rotatable bonds is 7. The van der Waals surface area contributed by atoms with E-state index in [-0.39, 0.29) is 12.1 Å². The van der Waals surface area contributed by atoms with E-state index in [0.717, 1.165) is 18.5 Å². The van der Waals surface area contributed by atoms with Crippen LogP contribution >= 0.6 is 0 Å². The number of likely N-dealkylation sites (tertiary alicyclic amines) is 1. The second kappa shape index (κ2) is 7.46. The predicted molar refractivity (Wildman–Crippen MR) is 77.9 cm³/mol. The summed E-state index contributed by atoms with van der Waals surface area (Å²) in [4.78, 5) is 2.67. The van der Waals surface area contributed by atoms with Crippen LogP contribution in [0.15, 0.2) is 0 Å². The van der Waals surface area contributed by atoms with Crippen molar-refractivity contribution in [2.75, 3.05) is 20.2 Å². The maximum Gasteiger partial charge on any atom is 0.0610 e. The highest BCUT2D eigenvalue weighted by Gasteiger charge is 2.24. The van der Waals surface area contributed by atoms with Crippen LogP contribution in [0.3, 0.4) is 0 Å². The van der Waals surface area contributed by atoms with Gasteiger partial charge >= 0.3 is 0 Å². The Labute approximate surface area is 113 Å². The minimum absolute atomic E-state index is 0.0981. The molecular weight excluding hydrogens is 224 g/mol. The Kier molecular flexibility index (Phi) is 6.61. The van der Waals surface area contributed by atoms with Crippen molar-refractivity contribution in [1.29, 1.82) is 0 Å². The van der Waals surface area contributed by atoms with Gasteiger partial charge in [0.15, 0.2) is 0 Å². The molecule has 2 N–H and O–H groups in total. The van der Waals surface area contributed by atoms with Gasteiger partial charge in [-0.1, -0.05) is 12.8 Å². The summed E-state index contributed by atoms with van der Waals surface area (Å²) < 4.78 is 0. The van der Waals surface area contributed by atoms with E-state index in [1.807, 2.05) is 7.05 Å². The third-order valence-electron chi connectivity index (χ3n) is 4.72. The summed E-state index contributed by atoms with van der Waals surface area (Å²) in [5, 5.41) is 12.6. The van der Waals surface area contributed by atoms with Crippen LogP contribution in [-0.4, -0.2) is 47.8 Å². The summed E-state index contributed by atoms with van der Waals surface area (Å²) in [5.74, 6) is 0. The highest BCUT2D eigenvalue weighted by atomic mass is 16.3. The van der Waals surface area contributed by atoms with Gasteiger partial charge in [0.1, 0.15) is 0 Å². The Morgan fingerprint density at radius 1 is 1.22 bits per heavy atom. The average molecular weight is 256 g/mol. The van der Waals surface area contributed by atoms with E-state index in [1.165, 1.54) is 38.6 Å². The van der Waals surface area contributed by atoms with E-state index in [1.54, 1.807) is 0 Å². The monoisotopic (exact) mass is 256 g/mol. The van der Waals surface area contributed by atoms with Gasteiger partial charge in [0.2, 0.25) is 0 Å². The third-order valence-corrected chi connectivity index (χ3v) is 4.72. The quantitative estimate of drug-likeness (QED) is 0.687. The van der Waals surface area contributed by atoms with E-state index < -0.39 is 0 Å². The average Bonchev–Trinajstić information content (AvgIpc) is 2.37. The van der Waals surface area contributed by atoms with Crippen molar-refractivity contribution in [1.82, 2.24) is 10.2 Å². The number of aliphatic hydroxyl groups is 1. The fourth-order valence-corrected chi connectivity index (χ4v) is 3.01. The fraction of sp³-hybridized carbons (Fsp3) is 1.00. The summed E-state index contributed by atoms with van der Waals surface area (Å²) in [5.41, 5.74) is -0.0981. The smallest absolute Gasteiger partial charge is 0.0610 e. The molecule has 1 saturated heterocycles. The van der Waals surface area contributed by atoms with Gasteiger partial charge < -0.3 is 10.4 Å². The molecule has 1 heterocycles. The van der Waals surface area contributed by atoms with Crippen LogP contribution in [0, 0.1) is 0 Å². The molecule has 0 saturated carbocycles. The summed E-state index contributed by atoms with van der Waals surface area (Å²) in [6.45, 7) is 8.26. The number of likely N-dealkylation sites (N-methyl/N-ethyl adjacent to an activating group) is 1. The first kappa shape index (κ1) is 15.9. The van der Waals surface area contributed by atoms with Crippen LogP contribution in [0.25, 0.3) is 0 Å². The molecule has 0 radical (unpaired) electrons. The van der Waals surface area contributed by atoms with Crippen molar-refractivity contribution >= 4 is 0 Å². The summed E-state index contributed by atoms with van der Waals surface area (Å²) in [6, 6.07) is 1.50. The van der Waals surface area contributed by atoms with E-state index in [4.69, 9.17) is 0 Å². The second-order valence-corrected chi connectivity index (χ2v) is 6.29. The van der Waals surface area contributed by atoms with Crippen molar-refractivity contribution in [2.24, 2.45) is 0 Å². The van der Waals surface area contributed by atoms with Gasteiger partial charge in [-0.3, -0.25) is 4.90 Å². The van der Waals surface area contributed by atoms with E-state index in [9.17, 15) is 5.11 Å². The first-order chi connectivity index (χ1) is 8.52. The minimum atomic E-state index is -0.0981. The van der Waals surface area contributed by atoms with E-state index >= 15 is 0 Å². The lowest BCUT2D eigenvalue weighted by Crippen LogP contribution is -2.45. The molecule has 1 aliphatic rings. The van der Waals surface area contributed by atoms with Gasteiger partial charge in [-0.05, 0) is 60.0 Å². The Bertz CT molecular complexity index is 219. The molecule has 1 fully saturated rings. The van der Waals surface area contributed by atoms with Gasteiger partial charge in [0, 0.05) is 17.6 Å². The maximum atomic E-state index is 9.34. The Balaban J connectivity index is 2.24. The first-order valence-corrected chi connectivity index (χ1v) is 7.58. The highest BCUT2D eigenvalue weighted by molar-refractivity contribution is 4.82. The summed E-state index contributed by atoms with van der Waals surface area (Å²) >= 11 is 0. The van der Waals surface area contributed by atoms with Crippen LogP contribution in [0.5, 0.6) is 0 Å². The lowest BCUT2D eigenvalue weighted by atomic mass is 9.94. The van der Waals surface area contributed by atoms with Gasteiger partial charge in [0.25, 0.3) is 0 Å². The zero-order chi connectivity index (χ0) is 13.6. The van der Waals surface area contributed by atoms with Crippen LogP contribution in [0.1, 0.15) is 59.3 Å². The number of unbranched alkanes of at least 4 members (excludes halogenated alkanes) is 1. The molecule has 18 heavy (non-hydrogen) atoms. The lowest BCUT2D eigenvalue weighted by Gasteiger charge is -2.39. The second-order valence-electron chi connectivity index (χ2n) is 6.29. The zero-order valence-electron chi connectivity index (χ0n) is 12.7. The number of aliphatic hydroxyl groups excluding tert-OH is 1. The molecule has 0 aliphatic carbocycles. The molecule has 0 amide bonds. The number of nitrogens with one attached hydrogen (secondary N) is 1. The van der Waals surface area contributed by atoms with Crippen LogP contribution in [0.4, 0.5) is 0 Å². The van der Waals surface area contributed by atoms with Crippen LogP contribution < -0.4 is 5.32 Å². The largest absolute Gasteiger partial charge is 0.394 e. The standard InChI is InChI=1S/C15H32N2O/c1-13-8-7-9-14(2)17(13)11-6-5-10-15(3,12-18)16-4/h13-14,16,18H,5-12H2,1-4H3/t13-,14+,15?. The predicted octanol–water partition coefficient (Wildman–Crippen LogP) is 2.39. The van der Waals surface area contributed by atoms with Gasteiger partial charge in [0.05, 0.1) is 6.61 Å². The first-order valence-electron chi connectivity index (χ1n) is 7.58. The molecule has 0 aromatic heterocycles. The molecule has 0 spiro atoms. The number of nitrogens with zero attached hydrogens (tertiary/aromatic N) is 1. The summed E-state index contributed by atoms with van der Waals surface area (Å²) in [6.07, 6.45) is 7.59. The van der Waals surface area contributed by atoms with E-state index in [0.29, 0.717) is 0 Å². The van der Waals surface area contributed by atoms with Crippen molar-refractivity contribution < 1.29 is 5.11 Å². The van der Waals surface area contributed by atoms with Crippen molar-refractivity contribution in [3.05, 3.63) is 0 Å². The molecule has 0 aromatic carbocycles. The fourth-order valence-electron chi connectivity index (χ4n) is 3.01. The Morgan fingerprint density at radius 3 is 2.33 bits per heavy atom. The van der Waals surface area contributed by atoms with Crippen molar-refractivity contribution in [3.8, 4) is 0 Å².